The molecular formula is C18H13ClN4. The van der Waals surface area contributed by atoms with E-state index in [1.165, 1.54) is 0 Å². The number of rotatable bonds is 3. The zero-order valence-corrected chi connectivity index (χ0v) is 12.9. The molecule has 0 spiro atoms. The van der Waals surface area contributed by atoms with Crippen LogP contribution in [0.15, 0.2) is 72.9 Å². The van der Waals surface area contributed by atoms with Crippen molar-refractivity contribution in [2.45, 2.75) is 0 Å². The summed E-state index contributed by atoms with van der Waals surface area (Å²) in [4.78, 5) is 4.64. The van der Waals surface area contributed by atoms with E-state index in [0.29, 0.717) is 5.02 Å². The van der Waals surface area contributed by atoms with Gasteiger partial charge in [-0.3, -0.25) is 0 Å². The van der Waals surface area contributed by atoms with E-state index in [1.54, 1.807) is 0 Å². The monoisotopic (exact) mass is 320 g/mol. The molecule has 112 valence electrons. The molecule has 0 radical (unpaired) electrons. The van der Waals surface area contributed by atoms with Gasteiger partial charge in [-0.15, -0.1) is 0 Å². The third-order valence-electron chi connectivity index (χ3n) is 3.55. The van der Waals surface area contributed by atoms with Crippen LogP contribution in [0.4, 0.5) is 11.5 Å². The summed E-state index contributed by atoms with van der Waals surface area (Å²) in [5.74, 6) is 1.52. The zero-order chi connectivity index (χ0) is 15.6. The Morgan fingerprint density at radius 1 is 0.870 bits per heavy atom. The van der Waals surface area contributed by atoms with Crippen molar-refractivity contribution < 1.29 is 0 Å². The van der Waals surface area contributed by atoms with Crippen LogP contribution in [0, 0.1) is 0 Å². The third kappa shape index (κ3) is 2.76. The van der Waals surface area contributed by atoms with Crippen molar-refractivity contribution in [2.75, 3.05) is 5.32 Å². The van der Waals surface area contributed by atoms with Gasteiger partial charge in [0.25, 0.3) is 0 Å². The Kier molecular flexibility index (Phi) is 3.44. The van der Waals surface area contributed by atoms with Crippen molar-refractivity contribution in [3.8, 4) is 5.82 Å². The summed E-state index contributed by atoms with van der Waals surface area (Å²) in [6, 6.07) is 21.4. The van der Waals surface area contributed by atoms with Gasteiger partial charge in [-0.1, -0.05) is 35.9 Å². The molecule has 2 aromatic carbocycles. The largest absolute Gasteiger partial charge is 0.340 e. The van der Waals surface area contributed by atoms with Crippen LogP contribution in [-0.2, 0) is 0 Å². The highest BCUT2D eigenvalue weighted by molar-refractivity contribution is 6.30. The molecule has 5 heteroatoms. The molecule has 0 unspecified atom stereocenters. The summed E-state index contributed by atoms with van der Waals surface area (Å²) in [5, 5.41) is 9.50. The van der Waals surface area contributed by atoms with E-state index in [0.717, 1.165) is 28.2 Å². The molecule has 1 N–H and O–H groups in total. The van der Waals surface area contributed by atoms with Gasteiger partial charge in [0.2, 0.25) is 0 Å². The normalized spacial score (nSPS) is 10.8. The second-order valence-electron chi connectivity index (χ2n) is 5.13. The number of hydrogen-bond donors (Lipinski definition) is 1. The average Bonchev–Trinajstić information content (AvgIpc) is 3.01. The second kappa shape index (κ2) is 5.74. The number of hydrogen-bond acceptors (Lipinski definition) is 3. The van der Waals surface area contributed by atoms with Crippen LogP contribution in [0.25, 0.3) is 16.7 Å². The maximum absolute atomic E-state index is 5.91. The Bertz CT molecular complexity index is 960. The first-order valence-electron chi connectivity index (χ1n) is 7.22. The number of aromatic nitrogens is 3. The Hall–Kier alpha value is -2.85. The lowest BCUT2D eigenvalue weighted by Crippen LogP contribution is -2.01. The molecule has 0 amide bonds. The highest BCUT2D eigenvalue weighted by Gasteiger charge is 2.06. The van der Waals surface area contributed by atoms with Gasteiger partial charge in [-0.2, -0.15) is 5.10 Å². The fourth-order valence-electron chi connectivity index (χ4n) is 2.45. The van der Waals surface area contributed by atoms with Crippen LogP contribution < -0.4 is 5.32 Å². The molecule has 0 saturated heterocycles. The fourth-order valence-corrected chi connectivity index (χ4v) is 2.57. The second-order valence-corrected chi connectivity index (χ2v) is 5.56. The number of nitrogens with zero attached hydrogens (tertiary/aromatic N) is 3. The highest BCUT2D eigenvalue weighted by Crippen LogP contribution is 2.20. The fraction of sp³-hybridized carbons (Fsp3) is 0. The van der Waals surface area contributed by atoms with Gasteiger partial charge in [0.15, 0.2) is 5.82 Å². The molecule has 0 fully saturated rings. The molecule has 0 atom stereocenters. The molecule has 23 heavy (non-hydrogen) atoms. The topological polar surface area (TPSA) is 42.7 Å². The van der Waals surface area contributed by atoms with Gasteiger partial charge in [-0.05, 0) is 42.5 Å². The Morgan fingerprint density at radius 2 is 1.70 bits per heavy atom. The van der Waals surface area contributed by atoms with Crippen molar-refractivity contribution in [1.82, 2.24) is 14.8 Å². The lowest BCUT2D eigenvalue weighted by Gasteiger charge is -2.08. The maximum Gasteiger partial charge on any atom is 0.156 e. The minimum Gasteiger partial charge on any atom is -0.340 e. The van der Waals surface area contributed by atoms with Gasteiger partial charge in [0.1, 0.15) is 5.82 Å². The Morgan fingerprint density at radius 3 is 2.57 bits per heavy atom. The van der Waals surface area contributed by atoms with E-state index in [-0.39, 0.29) is 0 Å². The van der Waals surface area contributed by atoms with Crippen molar-refractivity contribution in [2.24, 2.45) is 0 Å². The molecular weight excluding hydrogens is 308 g/mol. The Balaban J connectivity index is 1.70. The number of nitrogens with one attached hydrogen (secondary N) is 1. The first-order chi connectivity index (χ1) is 11.3. The molecule has 0 aliphatic heterocycles. The quantitative estimate of drug-likeness (QED) is 0.588. The number of halogens is 1. The summed E-state index contributed by atoms with van der Waals surface area (Å²) >= 11 is 5.91. The van der Waals surface area contributed by atoms with Gasteiger partial charge in [0, 0.05) is 16.1 Å². The van der Waals surface area contributed by atoms with E-state index in [2.05, 4.69) is 15.4 Å². The number of benzene rings is 2. The molecule has 2 heterocycles. The lowest BCUT2D eigenvalue weighted by atomic mass is 10.2. The average molecular weight is 321 g/mol. The summed E-state index contributed by atoms with van der Waals surface area (Å²) in [6.07, 6.45) is 1.84. The van der Waals surface area contributed by atoms with Crippen molar-refractivity contribution >= 4 is 34.0 Å². The van der Waals surface area contributed by atoms with Crippen LogP contribution in [-0.4, -0.2) is 14.8 Å². The molecule has 4 nitrogen and oxygen atoms in total. The number of fused-ring (bicyclic) bond motifs is 1. The standard InChI is InChI=1S/C18H13ClN4/c19-14-8-10-15(11-9-14)21-17-6-3-7-18(22-17)23-16-5-2-1-4-13(16)12-20-23/h1-12H,(H,21,22). The van der Waals surface area contributed by atoms with Gasteiger partial charge >= 0.3 is 0 Å². The first kappa shape index (κ1) is 13.8. The third-order valence-corrected chi connectivity index (χ3v) is 3.80. The van der Waals surface area contributed by atoms with E-state index >= 15 is 0 Å². The predicted molar refractivity (Wildman–Crippen MR) is 93.6 cm³/mol. The number of pyridine rings is 1. The lowest BCUT2D eigenvalue weighted by molar-refractivity contribution is 0.876. The Labute approximate surface area is 138 Å². The molecule has 4 aromatic rings. The smallest absolute Gasteiger partial charge is 0.156 e. The summed E-state index contributed by atoms with van der Waals surface area (Å²) in [5.41, 5.74) is 1.97. The van der Waals surface area contributed by atoms with E-state index < -0.39 is 0 Å². The number of para-hydroxylation sites is 1. The zero-order valence-electron chi connectivity index (χ0n) is 12.1. The van der Waals surface area contributed by atoms with Gasteiger partial charge < -0.3 is 5.32 Å². The predicted octanol–water partition coefficient (Wildman–Crippen LogP) is 4.82. The van der Waals surface area contributed by atoms with Gasteiger partial charge in [-0.25, -0.2) is 9.67 Å². The number of anilines is 2. The van der Waals surface area contributed by atoms with Crippen LogP contribution in [0.2, 0.25) is 5.02 Å². The molecule has 0 aliphatic carbocycles. The van der Waals surface area contributed by atoms with E-state index in [4.69, 9.17) is 11.6 Å². The van der Waals surface area contributed by atoms with Gasteiger partial charge in [0.05, 0.1) is 11.7 Å². The minimum atomic E-state index is 0.709. The summed E-state index contributed by atoms with van der Waals surface area (Å²) in [7, 11) is 0. The molecule has 0 bridgehead atoms. The van der Waals surface area contributed by atoms with E-state index in [9.17, 15) is 0 Å². The summed E-state index contributed by atoms with van der Waals surface area (Å²) in [6.45, 7) is 0. The maximum atomic E-state index is 5.91. The summed E-state index contributed by atoms with van der Waals surface area (Å²) < 4.78 is 1.84. The molecule has 0 saturated carbocycles. The minimum absolute atomic E-state index is 0.709. The molecule has 2 aromatic heterocycles. The van der Waals surface area contributed by atoms with Crippen LogP contribution >= 0.6 is 11.6 Å². The molecule has 4 rings (SSSR count). The van der Waals surface area contributed by atoms with Crippen molar-refractivity contribution in [1.29, 1.82) is 0 Å². The highest BCUT2D eigenvalue weighted by atomic mass is 35.5. The van der Waals surface area contributed by atoms with E-state index in [1.807, 2.05) is 77.6 Å². The van der Waals surface area contributed by atoms with Crippen molar-refractivity contribution in [3.05, 3.63) is 77.9 Å². The SMILES string of the molecule is Clc1ccc(Nc2cccc(-n3ncc4ccccc43)n2)cc1. The van der Waals surface area contributed by atoms with Crippen LogP contribution in [0.3, 0.4) is 0 Å². The first-order valence-corrected chi connectivity index (χ1v) is 7.60. The van der Waals surface area contributed by atoms with Crippen LogP contribution in [0.1, 0.15) is 0 Å². The van der Waals surface area contributed by atoms with Crippen molar-refractivity contribution in [3.63, 3.8) is 0 Å². The van der Waals surface area contributed by atoms with Crippen LogP contribution in [0.5, 0.6) is 0 Å². The molecule has 0 aliphatic rings.